The standard InChI is InChI=1S/C47H49FN6O8S/c1-26-21-34(22-27(2)40(26)48)53-42(55)37-13-17-52(29(4)41(37)49-45(53)61-20-14-30-5-8-35(9-6-30)63(58,59)36-10-11-36)43(56)39-24-33-23-32(31-15-18-60-19-16-31)7-12-38(33)54(39)47(25-28(47)3)44-50-46(57)62-51-44/h5-9,12,21-24,28-29,31,36H,10-11,13-20,25H2,1-4H3,(H,50,51,57)/t28-,29+,47-/m1/s1. The van der Waals surface area contributed by atoms with Crippen LogP contribution in [0.2, 0.25) is 0 Å². The number of H-pyrrole nitrogens is 1. The number of aromatic amines is 1. The van der Waals surface area contributed by atoms with Crippen LogP contribution in [0.5, 0.6) is 6.01 Å². The number of rotatable bonds is 11. The summed E-state index contributed by atoms with van der Waals surface area (Å²) < 4.78 is 60.8. The fourth-order valence-electron chi connectivity index (χ4n) is 9.86. The average molecular weight is 877 g/mol. The second-order valence-electron chi connectivity index (χ2n) is 17.7. The minimum absolute atomic E-state index is 0.00580. The SMILES string of the molecule is Cc1cc(-n2c(OCCc3ccc(S(=O)(=O)C4CC4)cc3)nc3c(c2=O)CCN(C(=O)c2cc4cc(C5CCOCC5)ccc4n2[C@]2(c4noc(=O)[nH]4)C[C@H]2C)[C@H]3C)cc(C)c1F. The summed E-state index contributed by atoms with van der Waals surface area (Å²) in [7, 11) is -3.33. The third-order valence-corrected chi connectivity index (χ3v) is 16.0. The van der Waals surface area contributed by atoms with Gasteiger partial charge in [0, 0.05) is 42.6 Å². The highest BCUT2D eigenvalue weighted by molar-refractivity contribution is 7.92. The molecule has 3 atom stereocenters. The maximum atomic E-state index is 15.2. The van der Waals surface area contributed by atoms with Gasteiger partial charge in [0.15, 0.2) is 15.7 Å². The smallest absolute Gasteiger partial charge is 0.438 e. The van der Waals surface area contributed by atoms with E-state index in [0.717, 1.165) is 29.3 Å². The van der Waals surface area contributed by atoms with E-state index < -0.39 is 27.2 Å². The second-order valence-corrected chi connectivity index (χ2v) is 20.0. The number of aryl methyl sites for hydroxylation is 2. The van der Waals surface area contributed by atoms with Crippen LogP contribution in [0.1, 0.15) is 108 Å². The number of halogens is 1. The lowest BCUT2D eigenvalue weighted by molar-refractivity contribution is 0.0656. The van der Waals surface area contributed by atoms with Crippen LogP contribution >= 0.6 is 0 Å². The molecule has 4 aliphatic rings. The zero-order valence-corrected chi connectivity index (χ0v) is 36.5. The highest BCUT2D eigenvalue weighted by Crippen LogP contribution is 2.56. The molecule has 2 saturated carbocycles. The number of hydrogen-bond acceptors (Lipinski definition) is 10. The van der Waals surface area contributed by atoms with Crippen molar-refractivity contribution >= 4 is 26.6 Å². The number of carbonyl (C=O) groups is 1. The largest absolute Gasteiger partial charge is 0.464 e. The Morgan fingerprint density at radius 3 is 2.35 bits per heavy atom. The van der Waals surface area contributed by atoms with E-state index in [4.69, 9.17) is 19.0 Å². The third-order valence-electron chi connectivity index (χ3n) is 13.7. The third kappa shape index (κ3) is 7.01. The van der Waals surface area contributed by atoms with E-state index in [9.17, 15) is 22.4 Å². The van der Waals surface area contributed by atoms with Gasteiger partial charge >= 0.3 is 11.8 Å². The Morgan fingerprint density at radius 1 is 0.984 bits per heavy atom. The molecule has 3 aromatic carbocycles. The molecule has 2 aliphatic heterocycles. The van der Waals surface area contributed by atoms with Crippen LogP contribution in [-0.4, -0.2) is 75.1 Å². The normalized spacial score (nSPS) is 21.4. The van der Waals surface area contributed by atoms with Crippen LogP contribution in [0, 0.1) is 25.6 Å². The lowest BCUT2D eigenvalue weighted by atomic mass is 9.91. The number of nitrogens with one attached hydrogen (secondary N) is 1. The molecule has 63 heavy (non-hydrogen) atoms. The van der Waals surface area contributed by atoms with Crippen LogP contribution in [-0.2, 0) is 33.0 Å². The summed E-state index contributed by atoms with van der Waals surface area (Å²) >= 11 is 0. The van der Waals surface area contributed by atoms with Crippen molar-refractivity contribution in [1.29, 1.82) is 0 Å². The molecule has 328 valence electrons. The molecule has 0 unspecified atom stereocenters. The molecule has 3 aromatic heterocycles. The Morgan fingerprint density at radius 2 is 1.70 bits per heavy atom. The molecule has 1 amide bonds. The van der Waals surface area contributed by atoms with Crippen molar-refractivity contribution in [2.75, 3.05) is 26.4 Å². The summed E-state index contributed by atoms with van der Waals surface area (Å²) in [6.07, 6.45) is 4.39. The molecule has 1 N–H and O–H groups in total. The first-order chi connectivity index (χ1) is 30.3. The summed E-state index contributed by atoms with van der Waals surface area (Å²) in [5.41, 5.74) is 4.00. The van der Waals surface area contributed by atoms with Gasteiger partial charge in [-0.3, -0.25) is 19.1 Å². The number of sulfone groups is 1. The fourth-order valence-corrected chi connectivity index (χ4v) is 11.5. The first-order valence-electron chi connectivity index (χ1n) is 21.8. The summed E-state index contributed by atoms with van der Waals surface area (Å²) in [6.45, 7) is 8.88. The first-order valence-corrected chi connectivity index (χ1v) is 23.3. The zero-order valence-electron chi connectivity index (χ0n) is 35.6. The van der Waals surface area contributed by atoms with Crippen molar-refractivity contribution in [2.24, 2.45) is 5.92 Å². The summed E-state index contributed by atoms with van der Waals surface area (Å²) in [5.74, 6) is -0.616. The molecule has 0 spiro atoms. The number of fused-ring (bicyclic) bond motifs is 2. The van der Waals surface area contributed by atoms with Crippen molar-refractivity contribution < 1.29 is 31.6 Å². The maximum absolute atomic E-state index is 15.2. The van der Waals surface area contributed by atoms with Gasteiger partial charge in [0.2, 0.25) is 0 Å². The van der Waals surface area contributed by atoms with E-state index in [1.54, 1.807) is 55.1 Å². The molecule has 1 saturated heterocycles. The maximum Gasteiger partial charge on any atom is 0.438 e. The van der Waals surface area contributed by atoms with Crippen LogP contribution < -0.4 is 16.1 Å². The fraction of sp³-hybridized carbons (Fsp3) is 0.426. The van der Waals surface area contributed by atoms with Gasteiger partial charge in [-0.2, -0.15) is 4.98 Å². The number of ether oxygens (including phenoxy) is 2. The van der Waals surface area contributed by atoms with Gasteiger partial charge in [-0.15, -0.1) is 0 Å². The predicted molar refractivity (Wildman–Crippen MR) is 231 cm³/mol. The molecule has 6 aromatic rings. The number of benzene rings is 3. The highest BCUT2D eigenvalue weighted by atomic mass is 32.2. The number of aromatic nitrogens is 5. The van der Waals surface area contributed by atoms with Gasteiger partial charge < -0.3 is 18.9 Å². The first kappa shape index (κ1) is 41.2. The molecule has 2 aliphatic carbocycles. The minimum atomic E-state index is -3.33. The van der Waals surface area contributed by atoms with Crippen LogP contribution in [0.3, 0.4) is 0 Å². The number of nitrogens with zero attached hydrogens (tertiary/aromatic N) is 5. The van der Waals surface area contributed by atoms with Crippen LogP contribution in [0.4, 0.5) is 4.39 Å². The molecule has 5 heterocycles. The molecule has 0 bridgehead atoms. The summed E-state index contributed by atoms with van der Waals surface area (Å²) in [6, 6.07) is 17.5. The van der Waals surface area contributed by atoms with Crippen molar-refractivity contribution in [3.05, 3.63) is 132 Å². The van der Waals surface area contributed by atoms with E-state index in [1.165, 1.54) is 10.1 Å². The average Bonchev–Trinajstić information content (AvgIpc) is 4.17. The van der Waals surface area contributed by atoms with Gasteiger partial charge in [0.05, 0.1) is 34.2 Å². The van der Waals surface area contributed by atoms with Crippen molar-refractivity contribution in [3.63, 3.8) is 0 Å². The van der Waals surface area contributed by atoms with E-state index >= 15 is 4.79 Å². The Kier molecular flexibility index (Phi) is 10.1. The van der Waals surface area contributed by atoms with Gasteiger partial charge in [0.1, 0.15) is 17.1 Å². The number of amides is 1. The van der Waals surface area contributed by atoms with Gasteiger partial charge in [-0.05, 0) is 136 Å². The van der Waals surface area contributed by atoms with Crippen molar-refractivity contribution in [2.45, 2.75) is 100 Å². The minimum Gasteiger partial charge on any atom is -0.464 e. The molecule has 3 fully saturated rings. The Balaban J connectivity index is 1.02. The zero-order chi connectivity index (χ0) is 43.9. The van der Waals surface area contributed by atoms with Gasteiger partial charge in [-0.1, -0.05) is 30.3 Å². The Labute approximate surface area is 362 Å². The second kappa shape index (κ2) is 15.4. The van der Waals surface area contributed by atoms with Crippen LogP contribution in [0.25, 0.3) is 16.6 Å². The van der Waals surface area contributed by atoms with Crippen molar-refractivity contribution in [1.82, 2.24) is 29.2 Å². The number of carbonyl (C=O) groups excluding carboxylic acids is 1. The molecular weight excluding hydrogens is 828 g/mol. The van der Waals surface area contributed by atoms with Crippen LogP contribution in [0.15, 0.2) is 79.7 Å². The Hall–Kier alpha value is -5.87. The predicted octanol–water partition coefficient (Wildman–Crippen LogP) is 6.61. The topological polar surface area (TPSA) is 172 Å². The Bertz CT molecular complexity index is 3010. The van der Waals surface area contributed by atoms with E-state index in [2.05, 4.69) is 29.2 Å². The van der Waals surface area contributed by atoms with E-state index in [1.807, 2.05) is 23.6 Å². The van der Waals surface area contributed by atoms with E-state index in [0.29, 0.717) is 89.3 Å². The molecule has 14 nitrogen and oxygen atoms in total. The molecule has 0 radical (unpaired) electrons. The molecule has 10 rings (SSSR count). The summed E-state index contributed by atoms with van der Waals surface area (Å²) in [5, 5.41) is 4.71. The monoisotopic (exact) mass is 876 g/mol. The van der Waals surface area contributed by atoms with Gasteiger partial charge in [0.25, 0.3) is 11.5 Å². The van der Waals surface area contributed by atoms with E-state index in [-0.39, 0.29) is 54.0 Å². The highest BCUT2D eigenvalue weighted by Gasteiger charge is 2.59. The quantitative estimate of drug-likeness (QED) is 0.149. The van der Waals surface area contributed by atoms with Crippen molar-refractivity contribution in [3.8, 4) is 11.7 Å². The lowest BCUT2D eigenvalue weighted by Gasteiger charge is -2.35. The van der Waals surface area contributed by atoms with Gasteiger partial charge in [-0.25, -0.2) is 22.2 Å². The summed E-state index contributed by atoms with van der Waals surface area (Å²) in [4.78, 5) is 52.0. The number of hydrogen-bond donors (Lipinski definition) is 1. The molecular formula is C47H49FN6O8S. The molecule has 16 heteroatoms. The lowest BCUT2D eigenvalue weighted by Crippen LogP contribution is -2.44.